The van der Waals surface area contributed by atoms with E-state index in [2.05, 4.69) is 5.32 Å². The van der Waals surface area contributed by atoms with Crippen molar-refractivity contribution in [3.05, 3.63) is 29.2 Å². The number of rotatable bonds is 3. The zero-order chi connectivity index (χ0) is 14.3. The second kappa shape index (κ2) is 4.76. The Morgan fingerprint density at radius 1 is 1.35 bits per heavy atom. The number of fused-ring (bicyclic) bond motifs is 2. The average Bonchev–Trinajstić information content (AvgIpc) is 3.12. The predicted octanol–water partition coefficient (Wildman–Crippen LogP) is 2.08. The van der Waals surface area contributed by atoms with Crippen molar-refractivity contribution in [3.63, 3.8) is 0 Å². The first-order valence-electron chi connectivity index (χ1n) is 6.31. The zero-order valence-corrected chi connectivity index (χ0v) is 11.3. The Kier molecular flexibility index (Phi) is 3.07. The van der Waals surface area contributed by atoms with E-state index >= 15 is 0 Å². The first kappa shape index (κ1) is 12.9. The van der Waals surface area contributed by atoms with Crippen LogP contribution >= 0.6 is 11.3 Å². The molecule has 2 bridgehead atoms. The molecule has 2 aliphatic rings. The highest BCUT2D eigenvalue weighted by Crippen LogP contribution is 2.48. The van der Waals surface area contributed by atoms with E-state index in [0.717, 1.165) is 6.42 Å². The Balaban J connectivity index is 1.82. The van der Waals surface area contributed by atoms with Gasteiger partial charge in [0.05, 0.1) is 17.4 Å². The fourth-order valence-electron chi connectivity index (χ4n) is 3.21. The molecule has 0 radical (unpaired) electrons. The minimum atomic E-state index is -0.923. The second-order valence-corrected chi connectivity index (χ2v) is 6.02. The van der Waals surface area contributed by atoms with Crippen molar-refractivity contribution in [1.29, 1.82) is 5.26 Å². The van der Waals surface area contributed by atoms with Crippen LogP contribution in [0.5, 0.6) is 0 Å². The lowest BCUT2D eigenvalue weighted by Gasteiger charge is -2.23. The maximum Gasteiger partial charge on any atom is 0.307 e. The molecule has 5 nitrogen and oxygen atoms in total. The standard InChI is InChI=1S/C14H12N2O3S/c15-6-9-3-4-20-13(9)16-12(17)10-7-1-2-8(5-7)11(10)14(18)19/h1-4,7-8,10-11H,5H2,(H,16,17)(H,18,19)/t7-,8-,10-,11+/m0/s1. The third kappa shape index (κ3) is 1.91. The highest BCUT2D eigenvalue weighted by atomic mass is 32.1. The van der Waals surface area contributed by atoms with Gasteiger partial charge < -0.3 is 10.4 Å². The molecule has 0 saturated heterocycles. The highest BCUT2D eigenvalue weighted by molar-refractivity contribution is 7.14. The van der Waals surface area contributed by atoms with Crippen molar-refractivity contribution in [2.75, 3.05) is 5.32 Å². The number of nitriles is 1. The summed E-state index contributed by atoms with van der Waals surface area (Å²) in [6, 6.07) is 3.64. The molecule has 20 heavy (non-hydrogen) atoms. The van der Waals surface area contributed by atoms with E-state index in [1.165, 1.54) is 11.3 Å². The molecular weight excluding hydrogens is 276 g/mol. The number of amides is 1. The van der Waals surface area contributed by atoms with E-state index in [1.807, 2.05) is 18.2 Å². The van der Waals surface area contributed by atoms with Gasteiger partial charge in [-0.05, 0) is 29.7 Å². The van der Waals surface area contributed by atoms with Crippen LogP contribution in [-0.4, -0.2) is 17.0 Å². The molecule has 1 heterocycles. The van der Waals surface area contributed by atoms with Crippen LogP contribution < -0.4 is 5.32 Å². The summed E-state index contributed by atoms with van der Waals surface area (Å²) in [5, 5.41) is 23.2. The van der Waals surface area contributed by atoms with E-state index in [9.17, 15) is 14.7 Å². The molecule has 4 atom stereocenters. The molecule has 1 fully saturated rings. The summed E-state index contributed by atoms with van der Waals surface area (Å²) in [6.45, 7) is 0. The largest absolute Gasteiger partial charge is 0.481 e. The summed E-state index contributed by atoms with van der Waals surface area (Å²) < 4.78 is 0. The van der Waals surface area contributed by atoms with Crippen LogP contribution in [0.1, 0.15) is 12.0 Å². The zero-order valence-electron chi connectivity index (χ0n) is 10.4. The lowest BCUT2D eigenvalue weighted by molar-refractivity contribution is -0.146. The van der Waals surface area contributed by atoms with E-state index in [4.69, 9.17) is 5.26 Å². The van der Waals surface area contributed by atoms with Crippen LogP contribution in [0.25, 0.3) is 0 Å². The summed E-state index contributed by atoms with van der Waals surface area (Å²) in [6.07, 6.45) is 4.57. The molecule has 1 aromatic heterocycles. The number of nitrogens with one attached hydrogen (secondary N) is 1. The van der Waals surface area contributed by atoms with Gasteiger partial charge in [0.1, 0.15) is 11.1 Å². The lowest BCUT2D eigenvalue weighted by Crippen LogP contribution is -2.36. The van der Waals surface area contributed by atoms with Crippen LogP contribution in [0, 0.1) is 35.0 Å². The monoisotopic (exact) mass is 288 g/mol. The first-order valence-corrected chi connectivity index (χ1v) is 7.19. The third-order valence-electron chi connectivity index (χ3n) is 4.07. The molecular formula is C14H12N2O3S. The molecule has 0 spiro atoms. The Bertz CT molecular complexity index is 643. The van der Waals surface area contributed by atoms with Crippen molar-refractivity contribution in [2.45, 2.75) is 6.42 Å². The van der Waals surface area contributed by atoms with Crippen LogP contribution in [0.4, 0.5) is 5.00 Å². The smallest absolute Gasteiger partial charge is 0.307 e. The van der Waals surface area contributed by atoms with Crippen molar-refractivity contribution >= 4 is 28.2 Å². The number of nitrogens with zero attached hydrogens (tertiary/aromatic N) is 1. The molecule has 1 amide bonds. The summed E-state index contributed by atoms with van der Waals surface area (Å²) in [5.74, 6) is -2.48. The van der Waals surface area contributed by atoms with Crippen molar-refractivity contribution in [1.82, 2.24) is 0 Å². The fraction of sp³-hybridized carbons (Fsp3) is 0.357. The molecule has 2 aliphatic carbocycles. The SMILES string of the molecule is N#Cc1ccsc1NC(=O)[C@@H]1[C@H](C(=O)O)[C@H]2C=C[C@H]1C2. The molecule has 1 aromatic rings. The average molecular weight is 288 g/mol. The van der Waals surface area contributed by atoms with Gasteiger partial charge in [-0.1, -0.05) is 12.2 Å². The topological polar surface area (TPSA) is 90.2 Å². The van der Waals surface area contributed by atoms with Gasteiger partial charge in [-0.3, -0.25) is 9.59 Å². The molecule has 0 aromatic carbocycles. The maximum atomic E-state index is 12.4. The maximum absolute atomic E-state index is 12.4. The third-order valence-corrected chi connectivity index (χ3v) is 4.90. The molecule has 0 aliphatic heterocycles. The van der Waals surface area contributed by atoms with Gasteiger partial charge in [-0.25, -0.2) is 0 Å². The number of hydrogen-bond donors (Lipinski definition) is 2. The predicted molar refractivity (Wildman–Crippen MR) is 73.0 cm³/mol. The Morgan fingerprint density at radius 3 is 2.70 bits per heavy atom. The summed E-state index contributed by atoms with van der Waals surface area (Å²) >= 11 is 1.27. The molecule has 102 valence electrons. The summed E-state index contributed by atoms with van der Waals surface area (Å²) in [5.41, 5.74) is 0.411. The van der Waals surface area contributed by atoms with Crippen LogP contribution in [0.3, 0.4) is 0 Å². The molecule has 0 unspecified atom stereocenters. The number of carbonyl (C=O) groups is 2. The number of thiophene rings is 1. The summed E-state index contributed by atoms with van der Waals surface area (Å²) in [4.78, 5) is 23.7. The number of aliphatic carboxylic acids is 1. The van der Waals surface area contributed by atoms with E-state index in [0.29, 0.717) is 10.6 Å². The Morgan fingerprint density at radius 2 is 2.05 bits per heavy atom. The second-order valence-electron chi connectivity index (χ2n) is 5.10. The number of carbonyl (C=O) groups excluding carboxylic acids is 1. The van der Waals surface area contributed by atoms with Gasteiger partial charge in [0.2, 0.25) is 5.91 Å². The van der Waals surface area contributed by atoms with Crippen molar-refractivity contribution < 1.29 is 14.7 Å². The quantitative estimate of drug-likeness (QED) is 0.833. The number of anilines is 1. The number of carboxylic acids is 1. The van der Waals surface area contributed by atoms with Gasteiger partial charge in [-0.15, -0.1) is 11.3 Å². The normalized spacial score (nSPS) is 30.1. The van der Waals surface area contributed by atoms with Gasteiger partial charge in [0.15, 0.2) is 0 Å². The van der Waals surface area contributed by atoms with Gasteiger partial charge in [0.25, 0.3) is 0 Å². The van der Waals surface area contributed by atoms with E-state index < -0.39 is 17.8 Å². The Hall–Kier alpha value is -2.13. The molecule has 1 saturated carbocycles. The molecule has 3 rings (SSSR count). The summed E-state index contributed by atoms with van der Waals surface area (Å²) in [7, 11) is 0. The van der Waals surface area contributed by atoms with Gasteiger partial charge in [0, 0.05) is 0 Å². The number of hydrogen-bond acceptors (Lipinski definition) is 4. The molecule has 6 heteroatoms. The van der Waals surface area contributed by atoms with Crippen LogP contribution in [0.2, 0.25) is 0 Å². The fourth-order valence-corrected chi connectivity index (χ4v) is 3.95. The minimum Gasteiger partial charge on any atom is -0.481 e. The van der Waals surface area contributed by atoms with E-state index in [1.54, 1.807) is 11.4 Å². The van der Waals surface area contributed by atoms with E-state index in [-0.39, 0.29) is 17.7 Å². The van der Waals surface area contributed by atoms with Crippen molar-refractivity contribution in [2.24, 2.45) is 23.7 Å². The lowest BCUT2D eigenvalue weighted by atomic mass is 9.82. The van der Waals surface area contributed by atoms with Crippen molar-refractivity contribution in [3.8, 4) is 6.07 Å². The highest BCUT2D eigenvalue weighted by Gasteiger charge is 2.51. The van der Waals surface area contributed by atoms with Gasteiger partial charge in [-0.2, -0.15) is 5.26 Å². The minimum absolute atomic E-state index is 0.00778. The molecule has 2 N–H and O–H groups in total. The number of allylic oxidation sites excluding steroid dienone is 2. The Labute approximate surface area is 119 Å². The first-order chi connectivity index (χ1) is 9.61. The van der Waals surface area contributed by atoms with Crippen LogP contribution in [0.15, 0.2) is 23.6 Å². The number of carboxylic acid groups (broad SMARTS) is 1. The van der Waals surface area contributed by atoms with Gasteiger partial charge >= 0.3 is 5.97 Å². The van der Waals surface area contributed by atoms with Crippen LogP contribution in [-0.2, 0) is 9.59 Å².